The Morgan fingerprint density at radius 1 is 1.10 bits per heavy atom. The molecule has 0 radical (unpaired) electrons. The van der Waals surface area contributed by atoms with Crippen molar-refractivity contribution in [2.75, 3.05) is 19.9 Å². The van der Waals surface area contributed by atoms with E-state index in [1.165, 1.54) is 23.8 Å². The molecule has 3 heterocycles. The topological polar surface area (TPSA) is 95.8 Å². The summed E-state index contributed by atoms with van der Waals surface area (Å²) in [4.78, 5) is 18.1. The van der Waals surface area contributed by atoms with Gasteiger partial charge in [-0.25, -0.2) is 9.97 Å². The van der Waals surface area contributed by atoms with Crippen molar-refractivity contribution in [1.82, 2.24) is 24.8 Å². The van der Waals surface area contributed by atoms with Gasteiger partial charge in [0.1, 0.15) is 11.6 Å². The number of nitrogens with zero attached hydrogens (tertiary/aromatic N) is 3. The Morgan fingerprint density at radius 2 is 1.90 bits per heavy atom. The van der Waals surface area contributed by atoms with E-state index in [0.717, 1.165) is 47.5 Å². The van der Waals surface area contributed by atoms with E-state index in [4.69, 9.17) is 10.5 Å². The number of imidazole rings is 1. The van der Waals surface area contributed by atoms with Crippen LogP contribution in [0.3, 0.4) is 0 Å². The Bertz CT molecular complexity index is 1220. The number of nitrogens with two attached hydrogens (primary N) is 1. The van der Waals surface area contributed by atoms with Gasteiger partial charge in [-0.3, -0.25) is 4.90 Å². The number of nitrogen functional groups attached to an aromatic ring is 1. The molecule has 0 spiro atoms. The van der Waals surface area contributed by atoms with E-state index in [9.17, 15) is 0 Å². The standard InChI is InChI=1S/C24H30N6O/c1-14-26-23-19(12-22(25)29-24(23)27-14)21-11-16-10-15(4-9-20(16)28-21)13-30(2)17-5-7-18(31-3)8-6-17/h4,9-12,17-18,28H,5-8,13H2,1-3H3,(H3,25,26,27,29). The Kier molecular flexibility index (Phi) is 5.16. The van der Waals surface area contributed by atoms with E-state index < -0.39 is 0 Å². The van der Waals surface area contributed by atoms with Crippen LogP contribution in [-0.2, 0) is 11.3 Å². The van der Waals surface area contributed by atoms with Crippen LogP contribution in [0.2, 0.25) is 0 Å². The highest BCUT2D eigenvalue weighted by Gasteiger charge is 2.23. The highest BCUT2D eigenvalue weighted by atomic mass is 16.5. The number of H-pyrrole nitrogens is 2. The van der Waals surface area contributed by atoms with Crippen LogP contribution >= 0.6 is 0 Å². The van der Waals surface area contributed by atoms with E-state index in [-0.39, 0.29) is 0 Å². The minimum Gasteiger partial charge on any atom is -0.384 e. The second-order valence-electron chi connectivity index (χ2n) is 8.80. The van der Waals surface area contributed by atoms with Crippen LogP contribution in [0, 0.1) is 6.92 Å². The van der Waals surface area contributed by atoms with Crippen LogP contribution in [0.5, 0.6) is 0 Å². The number of aryl methyl sites for hydroxylation is 1. The predicted octanol–water partition coefficient (Wildman–Crippen LogP) is 4.39. The maximum Gasteiger partial charge on any atom is 0.180 e. The summed E-state index contributed by atoms with van der Waals surface area (Å²) in [7, 11) is 4.06. The van der Waals surface area contributed by atoms with Gasteiger partial charge in [0, 0.05) is 41.9 Å². The summed E-state index contributed by atoms with van der Waals surface area (Å²) in [5.74, 6) is 1.30. The number of pyridine rings is 1. The SMILES string of the molecule is COC1CCC(N(C)Cc2ccc3[nH]c(-c4cc(N)nc5nc(C)[nH]c45)cc3c2)CC1. The fourth-order valence-corrected chi connectivity index (χ4v) is 4.90. The Balaban J connectivity index is 1.40. The van der Waals surface area contributed by atoms with Crippen LogP contribution in [0.1, 0.15) is 37.1 Å². The second-order valence-corrected chi connectivity index (χ2v) is 8.80. The third-order valence-electron chi connectivity index (χ3n) is 6.61. The highest BCUT2D eigenvalue weighted by molar-refractivity contribution is 5.95. The zero-order chi connectivity index (χ0) is 21.5. The Labute approximate surface area is 182 Å². The number of nitrogens with one attached hydrogen (secondary N) is 2. The number of ether oxygens (including phenoxy) is 1. The number of hydrogen-bond donors (Lipinski definition) is 3. The third kappa shape index (κ3) is 3.91. The Hall–Kier alpha value is -2.90. The number of methoxy groups -OCH3 is 1. The number of aromatic nitrogens is 4. The van der Waals surface area contributed by atoms with Crippen molar-refractivity contribution in [3.8, 4) is 11.3 Å². The predicted molar refractivity (Wildman–Crippen MR) is 125 cm³/mol. The highest BCUT2D eigenvalue weighted by Crippen LogP contribution is 2.31. The number of rotatable bonds is 5. The first-order valence-corrected chi connectivity index (χ1v) is 11.0. The average Bonchev–Trinajstić information content (AvgIpc) is 3.35. The van der Waals surface area contributed by atoms with Crippen LogP contribution in [0.25, 0.3) is 33.3 Å². The smallest absolute Gasteiger partial charge is 0.180 e. The summed E-state index contributed by atoms with van der Waals surface area (Å²) in [6, 6.07) is 11.4. The van der Waals surface area contributed by atoms with Crippen molar-refractivity contribution in [1.29, 1.82) is 0 Å². The van der Waals surface area contributed by atoms with Gasteiger partial charge in [-0.15, -0.1) is 0 Å². The molecule has 1 fully saturated rings. The van der Waals surface area contributed by atoms with E-state index >= 15 is 0 Å². The molecule has 1 saturated carbocycles. The van der Waals surface area contributed by atoms with Crippen molar-refractivity contribution in [3.63, 3.8) is 0 Å². The monoisotopic (exact) mass is 418 g/mol. The lowest BCUT2D eigenvalue weighted by atomic mass is 9.92. The zero-order valence-electron chi connectivity index (χ0n) is 18.4. The summed E-state index contributed by atoms with van der Waals surface area (Å²) in [5, 5.41) is 1.20. The quantitative estimate of drug-likeness (QED) is 0.447. The molecule has 0 unspecified atom stereocenters. The molecule has 162 valence electrons. The van der Waals surface area contributed by atoms with Gasteiger partial charge in [-0.05, 0) is 69.5 Å². The number of hydrogen-bond acceptors (Lipinski definition) is 5. The maximum absolute atomic E-state index is 6.04. The molecule has 1 aromatic carbocycles. The summed E-state index contributed by atoms with van der Waals surface area (Å²) in [6.45, 7) is 2.88. The largest absolute Gasteiger partial charge is 0.384 e. The summed E-state index contributed by atoms with van der Waals surface area (Å²) in [5.41, 5.74) is 12.0. The third-order valence-corrected chi connectivity index (χ3v) is 6.61. The van der Waals surface area contributed by atoms with Gasteiger partial charge in [-0.1, -0.05) is 6.07 Å². The Morgan fingerprint density at radius 3 is 2.68 bits per heavy atom. The van der Waals surface area contributed by atoms with E-state index in [1.54, 1.807) is 0 Å². The molecule has 0 aliphatic heterocycles. The molecule has 0 atom stereocenters. The van der Waals surface area contributed by atoms with Gasteiger partial charge >= 0.3 is 0 Å². The molecule has 5 rings (SSSR count). The number of aromatic amines is 2. The summed E-state index contributed by atoms with van der Waals surface area (Å²) >= 11 is 0. The van der Waals surface area contributed by atoms with Gasteiger partial charge in [0.2, 0.25) is 0 Å². The molecule has 4 N–H and O–H groups in total. The zero-order valence-corrected chi connectivity index (χ0v) is 18.4. The molecule has 0 amide bonds. The van der Waals surface area contributed by atoms with Crippen molar-refractivity contribution in [2.24, 2.45) is 0 Å². The summed E-state index contributed by atoms with van der Waals surface area (Å²) in [6.07, 6.45) is 5.15. The molecule has 7 heteroatoms. The molecule has 0 bridgehead atoms. The fraction of sp³-hybridized carbons (Fsp3) is 0.417. The van der Waals surface area contributed by atoms with E-state index in [2.05, 4.69) is 56.1 Å². The van der Waals surface area contributed by atoms with Crippen molar-refractivity contribution < 1.29 is 4.74 Å². The molecule has 31 heavy (non-hydrogen) atoms. The van der Waals surface area contributed by atoms with E-state index in [1.807, 2.05) is 20.1 Å². The molecule has 4 aromatic rings. The molecule has 3 aromatic heterocycles. The van der Waals surface area contributed by atoms with Crippen molar-refractivity contribution >= 4 is 27.9 Å². The van der Waals surface area contributed by atoms with Crippen molar-refractivity contribution in [3.05, 3.63) is 41.7 Å². The molecular formula is C24H30N6O. The van der Waals surface area contributed by atoms with Gasteiger partial charge in [0.25, 0.3) is 0 Å². The van der Waals surface area contributed by atoms with E-state index in [0.29, 0.717) is 23.6 Å². The lowest BCUT2D eigenvalue weighted by Gasteiger charge is -2.34. The normalized spacial score (nSPS) is 19.6. The number of benzene rings is 1. The first-order chi connectivity index (χ1) is 15.0. The molecule has 0 saturated heterocycles. The van der Waals surface area contributed by atoms with Gasteiger partial charge in [0.15, 0.2) is 5.65 Å². The average molecular weight is 419 g/mol. The first-order valence-electron chi connectivity index (χ1n) is 11.0. The minimum absolute atomic E-state index is 0.437. The lowest BCUT2D eigenvalue weighted by molar-refractivity contribution is 0.0427. The molecule has 1 aliphatic carbocycles. The first kappa shape index (κ1) is 20.0. The van der Waals surface area contributed by atoms with Crippen molar-refractivity contribution in [2.45, 2.75) is 51.3 Å². The lowest BCUT2D eigenvalue weighted by Crippen LogP contribution is -2.36. The van der Waals surface area contributed by atoms with Gasteiger partial charge in [0.05, 0.1) is 11.6 Å². The van der Waals surface area contributed by atoms with Crippen LogP contribution in [0.15, 0.2) is 30.3 Å². The minimum atomic E-state index is 0.437. The number of anilines is 1. The van der Waals surface area contributed by atoms with Crippen LogP contribution in [0.4, 0.5) is 5.82 Å². The maximum atomic E-state index is 6.04. The van der Waals surface area contributed by atoms with Gasteiger partial charge < -0.3 is 20.4 Å². The fourth-order valence-electron chi connectivity index (χ4n) is 4.90. The second kappa shape index (κ2) is 7.98. The van der Waals surface area contributed by atoms with Gasteiger partial charge in [-0.2, -0.15) is 0 Å². The summed E-state index contributed by atoms with van der Waals surface area (Å²) < 4.78 is 5.52. The van der Waals surface area contributed by atoms with Crippen LogP contribution in [-0.4, -0.2) is 51.1 Å². The number of fused-ring (bicyclic) bond motifs is 2. The van der Waals surface area contributed by atoms with Crippen LogP contribution < -0.4 is 5.73 Å². The molecular weight excluding hydrogens is 388 g/mol. The molecule has 1 aliphatic rings. The molecule has 7 nitrogen and oxygen atoms in total.